The summed E-state index contributed by atoms with van der Waals surface area (Å²) in [6.07, 6.45) is -0.667. The maximum atomic E-state index is 11.6. The molecule has 0 saturated carbocycles. The summed E-state index contributed by atoms with van der Waals surface area (Å²) in [5.41, 5.74) is -0.186. The zero-order valence-corrected chi connectivity index (χ0v) is 11.3. The van der Waals surface area contributed by atoms with Crippen LogP contribution >= 0.6 is 0 Å². The van der Waals surface area contributed by atoms with Crippen molar-refractivity contribution in [2.45, 2.75) is 26.4 Å². The molecule has 0 aromatic heterocycles. The van der Waals surface area contributed by atoms with Crippen molar-refractivity contribution in [1.82, 2.24) is 0 Å². The Morgan fingerprint density at radius 2 is 2.10 bits per heavy atom. The highest BCUT2D eigenvalue weighted by molar-refractivity contribution is 6.59. The Balaban J connectivity index is 2.73. The van der Waals surface area contributed by atoms with Gasteiger partial charge >= 0.3 is 13.2 Å². The van der Waals surface area contributed by atoms with Crippen molar-refractivity contribution in [3.8, 4) is 0 Å². The van der Waals surface area contributed by atoms with E-state index in [-0.39, 0.29) is 5.46 Å². The van der Waals surface area contributed by atoms with E-state index in [1.165, 1.54) is 18.2 Å². The molecule has 0 aliphatic heterocycles. The first kappa shape index (κ1) is 15.8. The quantitative estimate of drug-likeness (QED) is 0.482. The van der Waals surface area contributed by atoms with Gasteiger partial charge in [-0.1, -0.05) is 12.1 Å². The summed E-state index contributed by atoms with van der Waals surface area (Å²) in [6, 6.07) is 5.83. The molecule has 0 atom stereocenters. The summed E-state index contributed by atoms with van der Waals surface area (Å²) in [4.78, 5) is 21.7. The number of nitrogens with zero attached hydrogens (tertiary/aromatic N) is 1. The van der Waals surface area contributed by atoms with Crippen LogP contribution in [0.5, 0.6) is 0 Å². The van der Waals surface area contributed by atoms with Gasteiger partial charge in [0, 0.05) is 5.69 Å². The molecule has 0 spiro atoms. The van der Waals surface area contributed by atoms with Crippen molar-refractivity contribution in [1.29, 1.82) is 0 Å². The fourth-order valence-electron chi connectivity index (χ4n) is 1.33. The first-order valence-electron chi connectivity index (χ1n) is 5.76. The molecule has 1 aromatic carbocycles. The van der Waals surface area contributed by atoms with E-state index in [1.54, 1.807) is 26.8 Å². The fraction of sp³-hybridized carbons (Fsp3) is 0.364. The maximum Gasteiger partial charge on any atom is 0.535 e. The number of anilines is 1. The molecule has 9 heteroatoms. The number of carbonyl (C=O) groups excluding carboxylic acids is 1. The molecule has 0 heterocycles. The minimum Gasteiger partial charge on any atom is -0.444 e. The minimum atomic E-state index is -1.72. The van der Waals surface area contributed by atoms with Gasteiger partial charge in [-0.25, -0.2) is 4.79 Å². The van der Waals surface area contributed by atoms with E-state index < -0.39 is 23.9 Å². The molecule has 1 aromatic rings. The predicted molar refractivity (Wildman–Crippen MR) is 72.0 cm³/mol. The summed E-state index contributed by atoms with van der Waals surface area (Å²) in [6.45, 7) is 5.16. The van der Waals surface area contributed by atoms with Gasteiger partial charge in [-0.05, 0) is 38.4 Å². The van der Waals surface area contributed by atoms with Gasteiger partial charge in [0.1, 0.15) is 5.60 Å². The Hall–Kier alpha value is -2.29. The monoisotopic (exact) mass is 282 g/mol. The zero-order valence-electron chi connectivity index (χ0n) is 11.3. The number of ether oxygens (including phenoxy) is 1. The SMILES string of the molecule is CC(C)(C)OC(=O)Nc1cccc(B(O)O[N+](=O)[O-])c1. The third-order valence-electron chi connectivity index (χ3n) is 2.00. The van der Waals surface area contributed by atoms with E-state index in [1.807, 2.05) is 0 Å². The summed E-state index contributed by atoms with van der Waals surface area (Å²) < 4.78 is 9.07. The largest absolute Gasteiger partial charge is 0.535 e. The lowest BCUT2D eigenvalue weighted by Crippen LogP contribution is -2.36. The number of benzene rings is 1. The molecule has 0 unspecified atom stereocenters. The van der Waals surface area contributed by atoms with Crippen molar-refractivity contribution < 1.29 is 24.4 Å². The van der Waals surface area contributed by atoms with Crippen LogP contribution in [0, 0.1) is 10.1 Å². The molecule has 1 amide bonds. The third kappa shape index (κ3) is 5.57. The number of hydrogen-bond acceptors (Lipinski definition) is 6. The number of nitrogens with one attached hydrogen (secondary N) is 1. The van der Waals surface area contributed by atoms with Crippen molar-refractivity contribution in [3.63, 3.8) is 0 Å². The van der Waals surface area contributed by atoms with Crippen molar-refractivity contribution in [2.75, 3.05) is 5.32 Å². The van der Waals surface area contributed by atoms with Gasteiger partial charge in [0.25, 0.3) is 5.09 Å². The van der Waals surface area contributed by atoms with Crippen molar-refractivity contribution in [3.05, 3.63) is 34.4 Å². The number of carbonyl (C=O) groups is 1. The molecule has 108 valence electrons. The Morgan fingerprint density at radius 3 is 2.65 bits per heavy atom. The van der Waals surface area contributed by atoms with Gasteiger partial charge in [0.15, 0.2) is 0 Å². The number of amides is 1. The minimum absolute atomic E-state index is 0.134. The molecule has 0 fully saturated rings. The summed E-state index contributed by atoms with van der Waals surface area (Å²) in [5.74, 6) is 0. The van der Waals surface area contributed by atoms with Crippen LogP contribution in [-0.2, 0) is 9.49 Å². The average molecular weight is 282 g/mol. The van der Waals surface area contributed by atoms with Gasteiger partial charge in [0.2, 0.25) is 0 Å². The standard InChI is InChI=1S/C11H15BN2O6/c1-11(2,3)19-10(15)13-9-6-4-5-8(7-9)12(16)20-14(17)18/h4-7,16H,1-3H3,(H,13,15). The van der Waals surface area contributed by atoms with Gasteiger partial charge in [-0.15, -0.1) is 10.1 Å². The summed E-state index contributed by atoms with van der Waals surface area (Å²) >= 11 is 0. The summed E-state index contributed by atoms with van der Waals surface area (Å²) in [5, 5.41) is 20.9. The fourth-order valence-corrected chi connectivity index (χ4v) is 1.33. The first-order valence-corrected chi connectivity index (χ1v) is 5.76. The third-order valence-corrected chi connectivity index (χ3v) is 2.00. The lowest BCUT2D eigenvalue weighted by atomic mass is 9.80. The molecule has 1 rings (SSSR count). The Bertz CT molecular complexity index is 502. The van der Waals surface area contributed by atoms with Crippen molar-refractivity contribution in [2.24, 2.45) is 0 Å². The lowest BCUT2D eigenvalue weighted by Gasteiger charge is -2.19. The van der Waals surface area contributed by atoms with Gasteiger partial charge in [0.05, 0.1) is 0 Å². The Morgan fingerprint density at radius 1 is 1.45 bits per heavy atom. The van der Waals surface area contributed by atoms with E-state index in [2.05, 4.69) is 10.1 Å². The molecule has 0 aliphatic rings. The second-order valence-corrected chi connectivity index (χ2v) is 4.93. The Kier molecular flexibility index (Phi) is 4.92. The highest BCUT2D eigenvalue weighted by atomic mass is 16.9. The first-order chi connectivity index (χ1) is 9.17. The van der Waals surface area contributed by atoms with Crippen LogP contribution in [0.3, 0.4) is 0 Å². The van der Waals surface area contributed by atoms with E-state index in [0.717, 1.165) is 0 Å². The zero-order chi connectivity index (χ0) is 15.3. The van der Waals surface area contributed by atoms with Crippen LogP contribution in [0.1, 0.15) is 20.8 Å². The topological polar surface area (TPSA) is 111 Å². The second-order valence-electron chi connectivity index (χ2n) is 4.93. The molecule has 2 N–H and O–H groups in total. The average Bonchev–Trinajstić information content (AvgIpc) is 2.25. The second kappa shape index (κ2) is 6.24. The van der Waals surface area contributed by atoms with Crippen LogP contribution in [0.2, 0.25) is 0 Å². The molecule has 0 radical (unpaired) electrons. The number of rotatable bonds is 4. The van der Waals surface area contributed by atoms with Gasteiger partial charge < -0.3 is 14.5 Å². The molecule has 20 heavy (non-hydrogen) atoms. The van der Waals surface area contributed by atoms with Gasteiger partial charge in [-0.3, -0.25) is 5.32 Å². The molecule has 8 nitrogen and oxygen atoms in total. The van der Waals surface area contributed by atoms with E-state index in [9.17, 15) is 19.9 Å². The molecular formula is C11H15BN2O6. The van der Waals surface area contributed by atoms with Crippen molar-refractivity contribution >= 4 is 24.4 Å². The molecular weight excluding hydrogens is 267 g/mol. The van der Waals surface area contributed by atoms with Crippen LogP contribution in [0.25, 0.3) is 0 Å². The smallest absolute Gasteiger partial charge is 0.444 e. The van der Waals surface area contributed by atoms with Crippen LogP contribution in [0.15, 0.2) is 24.3 Å². The lowest BCUT2D eigenvalue weighted by molar-refractivity contribution is -0.720. The number of hydrogen-bond donors (Lipinski definition) is 2. The highest BCUT2D eigenvalue weighted by Crippen LogP contribution is 2.10. The van der Waals surface area contributed by atoms with Gasteiger partial charge in [-0.2, -0.15) is 0 Å². The maximum absolute atomic E-state index is 11.6. The predicted octanol–water partition coefficient (Wildman–Crippen LogP) is 0.929. The molecule has 0 aliphatic carbocycles. The summed E-state index contributed by atoms with van der Waals surface area (Å²) in [7, 11) is -1.72. The normalized spacial score (nSPS) is 10.6. The Labute approximate surface area is 115 Å². The van der Waals surface area contributed by atoms with Crippen LogP contribution < -0.4 is 10.8 Å². The van der Waals surface area contributed by atoms with E-state index >= 15 is 0 Å². The molecule has 0 bridgehead atoms. The van der Waals surface area contributed by atoms with E-state index in [0.29, 0.717) is 5.69 Å². The molecule has 0 saturated heterocycles. The van der Waals surface area contributed by atoms with Crippen LogP contribution in [-0.4, -0.2) is 28.9 Å². The highest BCUT2D eigenvalue weighted by Gasteiger charge is 2.21. The van der Waals surface area contributed by atoms with Crippen LogP contribution in [0.4, 0.5) is 10.5 Å². The van der Waals surface area contributed by atoms with E-state index in [4.69, 9.17) is 4.74 Å².